The maximum absolute atomic E-state index is 12.4. The quantitative estimate of drug-likeness (QED) is 0.607. The second kappa shape index (κ2) is 8.10. The lowest BCUT2D eigenvalue weighted by atomic mass is 9.70. The zero-order valence-electron chi connectivity index (χ0n) is 15.0. The molecule has 0 unspecified atom stereocenters. The number of ether oxygens (including phenoxy) is 1. The fourth-order valence-electron chi connectivity index (χ4n) is 3.04. The molecule has 0 fully saturated rings. The van der Waals surface area contributed by atoms with Crippen LogP contribution >= 0.6 is 0 Å². The summed E-state index contributed by atoms with van der Waals surface area (Å²) >= 11 is 0. The summed E-state index contributed by atoms with van der Waals surface area (Å²) in [5.74, 6) is -0.331. The number of Topliss-reactive ketones (excluding diaryl/α,β-unsaturated/α-hetero) is 1. The average molecular weight is 343 g/mol. The fourth-order valence-corrected chi connectivity index (χ4v) is 3.04. The van der Waals surface area contributed by atoms with Gasteiger partial charge < -0.3 is 9.84 Å². The van der Waals surface area contributed by atoms with Gasteiger partial charge in [-0.3, -0.25) is 9.79 Å². The SMILES string of the molecule is CCOC(=O)c1ccc(N=CC2=C(O)CC(CC)(CC)CC2=O)cc1. The lowest BCUT2D eigenvalue weighted by Crippen LogP contribution is -2.30. The summed E-state index contributed by atoms with van der Waals surface area (Å²) in [5.41, 5.74) is 1.20. The third kappa shape index (κ3) is 4.35. The number of nitrogens with zero attached hydrogens (tertiary/aromatic N) is 1. The smallest absolute Gasteiger partial charge is 0.338 e. The largest absolute Gasteiger partial charge is 0.511 e. The number of carbonyl (C=O) groups is 2. The van der Waals surface area contributed by atoms with Gasteiger partial charge in [-0.05, 0) is 49.4 Å². The number of hydrogen-bond donors (Lipinski definition) is 1. The number of aliphatic hydroxyl groups is 1. The number of carbonyl (C=O) groups excluding carboxylic acids is 2. The lowest BCUT2D eigenvalue weighted by molar-refractivity contribution is -0.118. The van der Waals surface area contributed by atoms with E-state index in [-0.39, 0.29) is 28.5 Å². The number of esters is 1. The van der Waals surface area contributed by atoms with Gasteiger partial charge in [-0.1, -0.05) is 13.8 Å². The van der Waals surface area contributed by atoms with Crippen molar-refractivity contribution in [3.63, 3.8) is 0 Å². The molecule has 0 saturated heterocycles. The van der Waals surface area contributed by atoms with Crippen molar-refractivity contribution in [3.05, 3.63) is 41.2 Å². The van der Waals surface area contributed by atoms with Gasteiger partial charge in [0, 0.05) is 19.1 Å². The monoisotopic (exact) mass is 343 g/mol. The average Bonchev–Trinajstić information content (AvgIpc) is 2.61. The van der Waals surface area contributed by atoms with Crippen LogP contribution in [0.1, 0.15) is 56.8 Å². The molecule has 1 aliphatic carbocycles. The Balaban J connectivity index is 2.16. The van der Waals surface area contributed by atoms with Crippen LogP contribution in [0.15, 0.2) is 40.6 Å². The Hall–Kier alpha value is -2.43. The van der Waals surface area contributed by atoms with Crippen LogP contribution in [0.2, 0.25) is 0 Å². The van der Waals surface area contributed by atoms with Crippen molar-refractivity contribution in [3.8, 4) is 0 Å². The number of aliphatic hydroxyl groups excluding tert-OH is 1. The van der Waals surface area contributed by atoms with Gasteiger partial charge in [0.2, 0.25) is 0 Å². The molecule has 0 aliphatic heterocycles. The summed E-state index contributed by atoms with van der Waals surface area (Å²) in [4.78, 5) is 28.3. The highest BCUT2D eigenvalue weighted by Gasteiger charge is 2.36. The Labute approximate surface area is 148 Å². The van der Waals surface area contributed by atoms with E-state index in [9.17, 15) is 14.7 Å². The molecule has 0 radical (unpaired) electrons. The van der Waals surface area contributed by atoms with Crippen molar-refractivity contribution in [1.29, 1.82) is 0 Å². The molecule has 0 aromatic heterocycles. The maximum Gasteiger partial charge on any atom is 0.338 e. The van der Waals surface area contributed by atoms with Crippen LogP contribution in [0.3, 0.4) is 0 Å². The van der Waals surface area contributed by atoms with Crippen LogP contribution in [0.25, 0.3) is 0 Å². The second-order valence-electron chi connectivity index (χ2n) is 6.37. The number of benzene rings is 1. The summed E-state index contributed by atoms with van der Waals surface area (Å²) in [6.07, 6.45) is 4.09. The molecule has 25 heavy (non-hydrogen) atoms. The summed E-state index contributed by atoms with van der Waals surface area (Å²) in [7, 11) is 0. The van der Waals surface area contributed by atoms with Crippen molar-refractivity contribution < 1.29 is 19.4 Å². The molecular formula is C20H25NO4. The summed E-state index contributed by atoms with van der Waals surface area (Å²) in [6.45, 7) is 6.18. The van der Waals surface area contributed by atoms with E-state index in [2.05, 4.69) is 4.99 Å². The zero-order valence-corrected chi connectivity index (χ0v) is 15.0. The van der Waals surface area contributed by atoms with Crippen LogP contribution in [-0.4, -0.2) is 29.7 Å². The normalized spacial score (nSPS) is 17.2. The molecule has 2 rings (SSSR count). The summed E-state index contributed by atoms with van der Waals surface area (Å²) in [5, 5.41) is 10.3. The highest BCUT2D eigenvalue weighted by molar-refractivity contribution is 6.15. The van der Waals surface area contributed by atoms with Crippen molar-refractivity contribution in [2.45, 2.75) is 46.5 Å². The second-order valence-corrected chi connectivity index (χ2v) is 6.37. The van der Waals surface area contributed by atoms with Gasteiger partial charge in [0.05, 0.1) is 23.4 Å². The zero-order chi connectivity index (χ0) is 18.4. The predicted octanol–water partition coefficient (Wildman–Crippen LogP) is 4.55. The minimum atomic E-state index is -0.378. The van der Waals surface area contributed by atoms with E-state index in [0.717, 1.165) is 12.8 Å². The predicted molar refractivity (Wildman–Crippen MR) is 97.5 cm³/mol. The molecule has 0 heterocycles. The number of aliphatic imine (C=N–C) groups is 1. The van der Waals surface area contributed by atoms with Crippen LogP contribution in [0.4, 0.5) is 5.69 Å². The van der Waals surface area contributed by atoms with Crippen LogP contribution in [0, 0.1) is 5.41 Å². The molecule has 0 saturated carbocycles. The Morgan fingerprint density at radius 1 is 1.20 bits per heavy atom. The van der Waals surface area contributed by atoms with Crippen molar-refractivity contribution in [1.82, 2.24) is 0 Å². The Morgan fingerprint density at radius 3 is 2.36 bits per heavy atom. The molecule has 0 amide bonds. The molecule has 0 atom stereocenters. The van der Waals surface area contributed by atoms with E-state index in [1.165, 1.54) is 6.21 Å². The molecule has 1 aliphatic rings. The van der Waals surface area contributed by atoms with Crippen molar-refractivity contribution in [2.75, 3.05) is 6.61 Å². The first kappa shape index (κ1) is 18.9. The first-order valence-electron chi connectivity index (χ1n) is 8.71. The van der Waals surface area contributed by atoms with E-state index >= 15 is 0 Å². The molecular weight excluding hydrogens is 318 g/mol. The van der Waals surface area contributed by atoms with Crippen LogP contribution in [0.5, 0.6) is 0 Å². The maximum atomic E-state index is 12.4. The first-order valence-corrected chi connectivity index (χ1v) is 8.71. The standard InChI is InChI=1S/C20H25NO4/c1-4-20(5-2)11-17(22)16(18(23)12-20)13-21-15-9-7-14(8-10-15)19(24)25-6-3/h7-10,13,22H,4-6,11-12H2,1-3H3. The van der Waals surface area contributed by atoms with E-state index in [0.29, 0.717) is 30.7 Å². The van der Waals surface area contributed by atoms with E-state index in [1.54, 1.807) is 31.2 Å². The van der Waals surface area contributed by atoms with Gasteiger partial charge in [0.25, 0.3) is 0 Å². The molecule has 1 N–H and O–H groups in total. The van der Waals surface area contributed by atoms with E-state index in [4.69, 9.17) is 4.74 Å². The van der Waals surface area contributed by atoms with Gasteiger partial charge in [0.1, 0.15) is 5.76 Å². The van der Waals surface area contributed by atoms with Crippen molar-refractivity contribution in [2.24, 2.45) is 10.4 Å². The Morgan fingerprint density at radius 2 is 1.84 bits per heavy atom. The van der Waals surface area contributed by atoms with Crippen LogP contribution < -0.4 is 0 Å². The molecule has 1 aromatic carbocycles. The van der Waals surface area contributed by atoms with Gasteiger partial charge in [-0.2, -0.15) is 0 Å². The minimum Gasteiger partial charge on any atom is -0.511 e. The highest BCUT2D eigenvalue weighted by atomic mass is 16.5. The van der Waals surface area contributed by atoms with Gasteiger partial charge >= 0.3 is 5.97 Å². The van der Waals surface area contributed by atoms with Gasteiger partial charge in [-0.25, -0.2) is 4.79 Å². The van der Waals surface area contributed by atoms with Gasteiger partial charge in [0.15, 0.2) is 5.78 Å². The molecule has 5 nitrogen and oxygen atoms in total. The number of hydrogen-bond acceptors (Lipinski definition) is 5. The molecule has 134 valence electrons. The minimum absolute atomic E-state index is 0.0701. The molecule has 1 aromatic rings. The van der Waals surface area contributed by atoms with Crippen molar-refractivity contribution >= 4 is 23.7 Å². The van der Waals surface area contributed by atoms with Crippen LogP contribution in [-0.2, 0) is 9.53 Å². The third-order valence-corrected chi connectivity index (χ3v) is 4.91. The Bertz CT molecular complexity index is 697. The molecule has 0 spiro atoms. The fraction of sp³-hybridized carbons (Fsp3) is 0.450. The third-order valence-electron chi connectivity index (χ3n) is 4.91. The molecule has 5 heteroatoms. The number of rotatable bonds is 6. The lowest BCUT2D eigenvalue weighted by Gasteiger charge is -2.34. The highest BCUT2D eigenvalue weighted by Crippen LogP contribution is 2.41. The topological polar surface area (TPSA) is 76.0 Å². The van der Waals surface area contributed by atoms with E-state index < -0.39 is 0 Å². The number of ketones is 1. The Kier molecular flexibility index (Phi) is 6.12. The van der Waals surface area contributed by atoms with Gasteiger partial charge in [-0.15, -0.1) is 0 Å². The summed E-state index contributed by atoms with van der Waals surface area (Å²) in [6, 6.07) is 6.60. The summed E-state index contributed by atoms with van der Waals surface area (Å²) < 4.78 is 4.93. The number of allylic oxidation sites excluding steroid dienone is 2. The van der Waals surface area contributed by atoms with E-state index in [1.807, 2.05) is 13.8 Å². The first-order chi connectivity index (χ1) is 11.9. The molecule has 0 bridgehead atoms.